The average Bonchev–Trinajstić information content (AvgIpc) is 2.48. The lowest BCUT2D eigenvalue weighted by Crippen LogP contribution is -2.19. The van der Waals surface area contributed by atoms with E-state index in [1.165, 1.54) is 6.07 Å². The topological polar surface area (TPSA) is 21.3 Å². The van der Waals surface area contributed by atoms with E-state index in [4.69, 9.17) is 4.74 Å². The molecule has 0 aliphatic carbocycles. The molecule has 0 radical (unpaired) electrons. The fraction of sp³-hybridized carbons (Fsp3) is 0.250. The second-order valence-corrected chi connectivity index (χ2v) is 5.60. The summed E-state index contributed by atoms with van der Waals surface area (Å²) in [7, 11) is 3.43. The molecule has 2 aromatic rings. The van der Waals surface area contributed by atoms with E-state index in [1.54, 1.807) is 13.2 Å². The Morgan fingerprint density at radius 2 is 1.90 bits per heavy atom. The Morgan fingerprint density at radius 3 is 2.52 bits per heavy atom. The fourth-order valence-electron chi connectivity index (χ4n) is 2.24. The van der Waals surface area contributed by atoms with Crippen LogP contribution in [0.25, 0.3) is 0 Å². The highest BCUT2D eigenvalue weighted by Crippen LogP contribution is 2.30. The zero-order valence-corrected chi connectivity index (χ0v) is 13.4. The molecule has 0 fully saturated rings. The molecule has 0 heterocycles. The molecule has 112 valence electrons. The second kappa shape index (κ2) is 7.00. The third-order valence-corrected chi connectivity index (χ3v) is 3.84. The average molecular weight is 356 g/mol. The molecular weight excluding hydrogens is 340 g/mol. The lowest BCUT2D eigenvalue weighted by Gasteiger charge is -2.20. The third-order valence-electron chi connectivity index (χ3n) is 3.34. The number of nitrogens with one attached hydrogen (secondary N) is 1. The van der Waals surface area contributed by atoms with Gasteiger partial charge < -0.3 is 10.1 Å². The van der Waals surface area contributed by atoms with Crippen molar-refractivity contribution in [1.29, 1.82) is 0 Å². The largest absolute Gasteiger partial charge is 0.496 e. The van der Waals surface area contributed by atoms with Gasteiger partial charge in [-0.3, -0.25) is 0 Å². The monoisotopic (exact) mass is 355 g/mol. The van der Waals surface area contributed by atoms with Crippen LogP contribution in [0.2, 0.25) is 0 Å². The minimum atomic E-state index is -0.832. The van der Waals surface area contributed by atoms with Crippen molar-refractivity contribution in [2.75, 3.05) is 14.2 Å². The summed E-state index contributed by atoms with van der Waals surface area (Å²) in [6.45, 7) is 0. The standard InChI is InChI=1S/C16H16BrF2NO/c1-20-15(8-10-3-6-13(18)14(19)7-10)12-5-4-11(17)9-16(12)21-2/h3-7,9,15,20H,8H2,1-2H3. The first-order valence-corrected chi connectivity index (χ1v) is 7.29. The maximum atomic E-state index is 13.3. The molecule has 0 saturated carbocycles. The first-order chi connectivity index (χ1) is 10.0. The fourth-order valence-corrected chi connectivity index (χ4v) is 2.58. The summed E-state index contributed by atoms with van der Waals surface area (Å²) in [5, 5.41) is 3.18. The summed E-state index contributed by atoms with van der Waals surface area (Å²) in [6.07, 6.45) is 0.533. The molecule has 1 atom stereocenters. The molecule has 1 unspecified atom stereocenters. The minimum absolute atomic E-state index is 0.0575. The van der Waals surface area contributed by atoms with Gasteiger partial charge in [0.2, 0.25) is 0 Å². The lowest BCUT2D eigenvalue weighted by atomic mass is 9.98. The Balaban J connectivity index is 2.29. The molecule has 2 rings (SSSR count). The normalized spacial score (nSPS) is 12.2. The Morgan fingerprint density at radius 1 is 1.14 bits per heavy atom. The molecule has 0 saturated heterocycles. The maximum absolute atomic E-state index is 13.3. The van der Waals surface area contributed by atoms with E-state index in [2.05, 4.69) is 21.2 Å². The molecular formula is C16H16BrF2NO. The summed E-state index contributed by atoms with van der Waals surface area (Å²) in [4.78, 5) is 0. The van der Waals surface area contributed by atoms with Crippen LogP contribution in [0.3, 0.4) is 0 Å². The first kappa shape index (κ1) is 15.9. The van der Waals surface area contributed by atoms with Gasteiger partial charge in [-0.05, 0) is 43.3 Å². The van der Waals surface area contributed by atoms with E-state index >= 15 is 0 Å². The number of ether oxygens (including phenoxy) is 1. The molecule has 21 heavy (non-hydrogen) atoms. The quantitative estimate of drug-likeness (QED) is 0.865. The third kappa shape index (κ3) is 3.80. The maximum Gasteiger partial charge on any atom is 0.159 e. The van der Waals surface area contributed by atoms with Crippen molar-refractivity contribution in [3.63, 3.8) is 0 Å². The first-order valence-electron chi connectivity index (χ1n) is 6.49. The number of halogens is 3. The van der Waals surface area contributed by atoms with Gasteiger partial charge in [-0.1, -0.05) is 28.1 Å². The van der Waals surface area contributed by atoms with Crippen LogP contribution in [0.1, 0.15) is 17.2 Å². The van der Waals surface area contributed by atoms with E-state index in [9.17, 15) is 8.78 Å². The SMILES string of the molecule is CNC(Cc1ccc(F)c(F)c1)c1ccc(Br)cc1OC. The molecule has 0 aliphatic rings. The Hall–Kier alpha value is -1.46. The van der Waals surface area contributed by atoms with Gasteiger partial charge in [0, 0.05) is 16.1 Å². The van der Waals surface area contributed by atoms with Crippen LogP contribution in [0.4, 0.5) is 8.78 Å². The predicted molar refractivity (Wildman–Crippen MR) is 82.6 cm³/mol. The Kier molecular flexibility index (Phi) is 5.31. The molecule has 0 aliphatic heterocycles. The minimum Gasteiger partial charge on any atom is -0.496 e. The molecule has 5 heteroatoms. The van der Waals surface area contributed by atoms with Gasteiger partial charge in [0.05, 0.1) is 7.11 Å². The van der Waals surface area contributed by atoms with Crippen LogP contribution in [0.5, 0.6) is 5.75 Å². The van der Waals surface area contributed by atoms with Crippen molar-refractivity contribution in [1.82, 2.24) is 5.32 Å². The van der Waals surface area contributed by atoms with Crippen LogP contribution in [0, 0.1) is 11.6 Å². The van der Waals surface area contributed by atoms with Gasteiger partial charge in [0.15, 0.2) is 11.6 Å². The summed E-state index contributed by atoms with van der Waals surface area (Å²) in [5.74, 6) is -0.919. The number of hydrogen-bond donors (Lipinski definition) is 1. The van der Waals surface area contributed by atoms with Gasteiger partial charge in [0.25, 0.3) is 0 Å². The van der Waals surface area contributed by atoms with Crippen LogP contribution >= 0.6 is 15.9 Å². The van der Waals surface area contributed by atoms with Gasteiger partial charge >= 0.3 is 0 Å². The van der Waals surface area contributed by atoms with E-state index in [1.807, 2.05) is 25.2 Å². The van der Waals surface area contributed by atoms with Gasteiger partial charge in [-0.2, -0.15) is 0 Å². The predicted octanol–water partition coefficient (Wildman–Crippen LogP) is 4.24. The van der Waals surface area contributed by atoms with Crippen LogP contribution in [-0.2, 0) is 6.42 Å². The molecule has 2 aromatic carbocycles. The van der Waals surface area contributed by atoms with Crippen LogP contribution in [0.15, 0.2) is 40.9 Å². The molecule has 1 N–H and O–H groups in total. The molecule has 0 amide bonds. The van der Waals surface area contributed by atoms with Gasteiger partial charge in [0.1, 0.15) is 5.75 Å². The Bertz CT molecular complexity index is 634. The number of hydrogen-bond acceptors (Lipinski definition) is 2. The van der Waals surface area contributed by atoms with E-state index in [-0.39, 0.29) is 6.04 Å². The second-order valence-electron chi connectivity index (χ2n) is 4.68. The van der Waals surface area contributed by atoms with Crippen molar-refractivity contribution >= 4 is 15.9 Å². The summed E-state index contributed by atoms with van der Waals surface area (Å²) in [5.41, 5.74) is 1.69. The van der Waals surface area contributed by atoms with Crippen LogP contribution < -0.4 is 10.1 Å². The van der Waals surface area contributed by atoms with Crippen molar-refractivity contribution in [2.24, 2.45) is 0 Å². The van der Waals surface area contributed by atoms with Gasteiger partial charge in [-0.25, -0.2) is 8.78 Å². The summed E-state index contributed by atoms with van der Waals surface area (Å²) >= 11 is 3.40. The van der Waals surface area contributed by atoms with Crippen molar-refractivity contribution in [2.45, 2.75) is 12.5 Å². The smallest absolute Gasteiger partial charge is 0.159 e. The highest BCUT2D eigenvalue weighted by molar-refractivity contribution is 9.10. The molecule has 0 spiro atoms. The number of methoxy groups -OCH3 is 1. The van der Waals surface area contributed by atoms with Crippen molar-refractivity contribution in [3.8, 4) is 5.75 Å². The Labute approximate surface area is 131 Å². The van der Waals surface area contributed by atoms with Crippen LogP contribution in [-0.4, -0.2) is 14.2 Å². The summed E-state index contributed by atoms with van der Waals surface area (Å²) in [6, 6.07) is 9.66. The van der Waals surface area contributed by atoms with Gasteiger partial charge in [-0.15, -0.1) is 0 Å². The number of likely N-dealkylation sites (N-methyl/N-ethyl adjacent to an activating group) is 1. The molecule has 2 nitrogen and oxygen atoms in total. The zero-order valence-electron chi connectivity index (χ0n) is 11.8. The van der Waals surface area contributed by atoms with E-state index in [0.717, 1.165) is 27.4 Å². The summed E-state index contributed by atoms with van der Waals surface area (Å²) < 4.78 is 32.6. The van der Waals surface area contributed by atoms with E-state index < -0.39 is 11.6 Å². The lowest BCUT2D eigenvalue weighted by molar-refractivity contribution is 0.401. The van der Waals surface area contributed by atoms with Crippen molar-refractivity contribution < 1.29 is 13.5 Å². The molecule has 0 bridgehead atoms. The number of rotatable bonds is 5. The zero-order chi connectivity index (χ0) is 15.4. The highest BCUT2D eigenvalue weighted by Gasteiger charge is 2.16. The number of benzene rings is 2. The molecule has 0 aromatic heterocycles. The van der Waals surface area contributed by atoms with E-state index in [0.29, 0.717) is 6.42 Å². The van der Waals surface area contributed by atoms with Crippen molar-refractivity contribution in [3.05, 3.63) is 63.6 Å². The highest BCUT2D eigenvalue weighted by atomic mass is 79.9.